The Balaban J connectivity index is 1.90. The number of hydrogen-bond acceptors (Lipinski definition) is 5. The fourth-order valence-electron chi connectivity index (χ4n) is 2.08. The minimum atomic E-state index is -0.215. The lowest BCUT2D eigenvalue weighted by Crippen LogP contribution is -2.17. The van der Waals surface area contributed by atoms with Gasteiger partial charge in [0, 0.05) is 12.7 Å². The van der Waals surface area contributed by atoms with Crippen LogP contribution < -0.4 is 10.1 Å². The third-order valence-corrected chi connectivity index (χ3v) is 4.01. The van der Waals surface area contributed by atoms with E-state index in [9.17, 15) is 4.79 Å². The molecular weight excluding hydrogens is 288 g/mol. The van der Waals surface area contributed by atoms with E-state index >= 15 is 0 Å². The molecule has 2 heterocycles. The summed E-state index contributed by atoms with van der Waals surface area (Å²) < 4.78 is 7.88. The van der Waals surface area contributed by atoms with E-state index in [1.807, 2.05) is 25.1 Å². The van der Waals surface area contributed by atoms with Gasteiger partial charge in [-0.3, -0.25) is 14.8 Å². The van der Waals surface area contributed by atoms with Gasteiger partial charge in [0.25, 0.3) is 5.91 Å². The molecule has 0 saturated heterocycles. The molecule has 0 fully saturated rings. The van der Waals surface area contributed by atoms with Crippen molar-refractivity contribution in [2.45, 2.75) is 13.5 Å². The van der Waals surface area contributed by atoms with E-state index in [0.717, 1.165) is 10.2 Å². The lowest BCUT2D eigenvalue weighted by molar-refractivity contribution is 0.101. The van der Waals surface area contributed by atoms with Crippen molar-refractivity contribution < 1.29 is 9.53 Å². The minimum absolute atomic E-state index is 0.215. The minimum Gasteiger partial charge on any atom is -0.494 e. The number of methoxy groups -OCH3 is 1. The highest BCUT2D eigenvalue weighted by atomic mass is 32.1. The molecule has 0 bridgehead atoms. The van der Waals surface area contributed by atoms with E-state index in [1.165, 1.54) is 11.3 Å². The number of nitrogens with one attached hydrogen (secondary N) is 1. The summed E-state index contributed by atoms with van der Waals surface area (Å²) in [6.07, 6.45) is 1.61. The van der Waals surface area contributed by atoms with Crippen molar-refractivity contribution in [2.24, 2.45) is 0 Å². The van der Waals surface area contributed by atoms with Gasteiger partial charge in [0.05, 0.1) is 11.8 Å². The summed E-state index contributed by atoms with van der Waals surface area (Å²) in [5.41, 5.74) is 1.27. The van der Waals surface area contributed by atoms with Gasteiger partial charge in [-0.15, -0.1) is 0 Å². The number of aryl methyl sites for hydroxylation is 1. The number of ether oxygens (including phenoxy) is 1. The lowest BCUT2D eigenvalue weighted by atomic mass is 10.3. The number of para-hydroxylation sites is 1. The molecule has 0 spiro atoms. The van der Waals surface area contributed by atoms with E-state index in [0.29, 0.717) is 23.1 Å². The van der Waals surface area contributed by atoms with Gasteiger partial charge in [-0.05, 0) is 25.1 Å². The molecular formula is C14H14N4O2S. The number of anilines is 1. The van der Waals surface area contributed by atoms with Crippen LogP contribution in [0, 0.1) is 0 Å². The van der Waals surface area contributed by atoms with Crippen molar-refractivity contribution in [3.05, 3.63) is 36.2 Å². The van der Waals surface area contributed by atoms with Crippen molar-refractivity contribution in [1.29, 1.82) is 0 Å². The summed E-state index contributed by atoms with van der Waals surface area (Å²) in [4.78, 5) is 16.7. The number of thiazole rings is 1. The van der Waals surface area contributed by atoms with Gasteiger partial charge >= 0.3 is 0 Å². The molecule has 2 aromatic heterocycles. The predicted molar refractivity (Wildman–Crippen MR) is 82.0 cm³/mol. The van der Waals surface area contributed by atoms with Crippen LogP contribution in [0.2, 0.25) is 0 Å². The van der Waals surface area contributed by atoms with Crippen LogP contribution in [0.5, 0.6) is 5.75 Å². The predicted octanol–water partition coefficient (Wildman–Crippen LogP) is 2.77. The molecule has 0 radical (unpaired) electrons. The first-order valence-corrected chi connectivity index (χ1v) is 7.31. The van der Waals surface area contributed by atoms with Gasteiger partial charge in [0.15, 0.2) is 5.13 Å². The third-order valence-electron chi connectivity index (χ3n) is 3.07. The molecule has 3 rings (SSSR count). The van der Waals surface area contributed by atoms with Gasteiger partial charge in [-0.25, -0.2) is 4.98 Å². The van der Waals surface area contributed by atoms with Gasteiger partial charge in [-0.1, -0.05) is 17.4 Å². The molecule has 0 saturated carbocycles. The Morgan fingerprint density at radius 1 is 1.43 bits per heavy atom. The van der Waals surface area contributed by atoms with Crippen LogP contribution in [0.4, 0.5) is 5.13 Å². The fourth-order valence-corrected chi connectivity index (χ4v) is 2.96. The SMILES string of the molecule is CCn1nccc1C(=O)Nc1nc2c(OC)cccc2s1. The van der Waals surface area contributed by atoms with E-state index < -0.39 is 0 Å². The highest BCUT2D eigenvalue weighted by Gasteiger charge is 2.14. The normalized spacial score (nSPS) is 10.8. The number of fused-ring (bicyclic) bond motifs is 1. The maximum atomic E-state index is 12.2. The number of carbonyl (C=O) groups excluding carboxylic acids is 1. The molecule has 108 valence electrons. The quantitative estimate of drug-likeness (QED) is 0.804. The molecule has 21 heavy (non-hydrogen) atoms. The Bertz CT molecular complexity index is 793. The third kappa shape index (κ3) is 2.47. The zero-order chi connectivity index (χ0) is 14.8. The van der Waals surface area contributed by atoms with E-state index in [2.05, 4.69) is 15.4 Å². The Morgan fingerprint density at radius 3 is 3.05 bits per heavy atom. The summed E-state index contributed by atoms with van der Waals surface area (Å²) in [6.45, 7) is 2.58. The summed E-state index contributed by atoms with van der Waals surface area (Å²) in [5, 5.41) is 7.44. The smallest absolute Gasteiger partial charge is 0.275 e. The number of benzene rings is 1. The fraction of sp³-hybridized carbons (Fsp3) is 0.214. The van der Waals surface area contributed by atoms with E-state index in [1.54, 1.807) is 24.1 Å². The van der Waals surface area contributed by atoms with Crippen molar-refractivity contribution in [3.8, 4) is 5.75 Å². The molecule has 1 N–H and O–H groups in total. The topological polar surface area (TPSA) is 69.0 Å². The van der Waals surface area contributed by atoms with Crippen molar-refractivity contribution in [2.75, 3.05) is 12.4 Å². The van der Waals surface area contributed by atoms with Gasteiger partial charge in [-0.2, -0.15) is 5.10 Å². The number of rotatable bonds is 4. The average Bonchev–Trinajstić information content (AvgIpc) is 3.12. The number of carbonyl (C=O) groups is 1. The van der Waals surface area contributed by atoms with Crippen molar-refractivity contribution in [3.63, 3.8) is 0 Å². The number of aromatic nitrogens is 3. The number of amides is 1. The summed E-state index contributed by atoms with van der Waals surface area (Å²) in [5.74, 6) is 0.482. The van der Waals surface area contributed by atoms with Crippen molar-refractivity contribution >= 4 is 32.6 Å². The van der Waals surface area contributed by atoms with Crippen LogP contribution in [-0.2, 0) is 6.54 Å². The van der Waals surface area contributed by atoms with Crippen LogP contribution >= 0.6 is 11.3 Å². The average molecular weight is 302 g/mol. The van der Waals surface area contributed by atoms with Gasteiger partial charge in [0.1, 0.15) is 17.0 Å². The van der Waals surface area contributed by atoms with Gasteiger partial charge in [0.2, 0.25) is 0 Å². The van der Waals surface area contributed by atoms with Crippen molar-refractivity contribution in [1.82, 2.24) is 14.8 Å². The molecule has 1 aromatic carbocycles. The zero-order valence-electron chi connectivity index (χ0n) is 11.7. The first-order valence-electron chi connectivity index (χ1n) is 6.49. The van der Waals surface area contributed by atoms with Crippen LogP contribution in [-0.4, -0.2) is 27.8 Å². The zero-order valence-corrected chi connectivity index (χ0v) is 12.5. The van der Waals surface area contributed by atoms with Gasteiger partial charge < -0.3 is 4.74 Å². The molecule has 3 aromatic rings. The summed E-state index contributed by atoms with van der Waals surface area (Å²) in [7, 11) is 1.60. The molecule has 0 aliphatic rings. The van der Waals surface area contributed by atoms with Crippen LogP contribution in [0.25, 0.3) is 10.2 Å². The highest BCUT2D eigenvalue weighted by molar-refractivity contribution is 7.22. The van der Waals surface area contributed by atoms with Crippen LogP contribution in [0.1, 0.15) is 17.4 Å². The summed E-state index contributed by atoms with van der Waals surface area (Å²) >= 11 is 1.41. The first kappa shape index (κ1) is 13.6. The maximum Gasteiger partial charge on any atom is 0.275 e. The second kappa shape index (κ2) is 5.53. The molecule has 0 aliphatic heterocycles. The Morgan fingerprint density at radius 2 is 2.29 bits per heavy atom. The Hall–Kier alpha value is -2.41. The number of hydrogen-bond donors (Lipinski definition) is 1. The summed E-state index contributed by atoms with van der Waals surface area (Å²) in [6, 6.07) is 7.38. The second-order valence-corrected chi connectivity index (χ2v) is 5.34. The number of nitrogens with zero attached hydrogens (tertiary/aromatic N) is 3. The van der Waals surface area contributed by atoms with Crippen LogP contribution in [0.15, 0.2) is 30.5 Å². The first-order chi connectivity index (χ1) is 10.2. The van der Waals surface area contributed by atoms with E-state index in [-0.39, 0.29) is 5.91 Å². The molecule has 0 atom stereocenters. The Labute approximate surface area is 125 Å². The highest BCUT2D eigenvalue weighted by Crippen LogP contribution is 2.32. The molecule has 0 aliphatic carbocycles. The van der Waals surface area contributed by atoms with Crippen LogP contribution in [0.3, 0.4) is 0 Å². The Kier molecular flexibility index (Phi) is 3.57. The molecule has 1 amide bonds. The monoisotopic (exact) mass is 302 g/mol. The molecule has 0 unspecified atom stereocenters. The standard InChI is InChI=1S/C14H14N4O2S/c1-3-18-9(7-8-15-18)13(19)17-14-16-12-10(20-2)5-4-6-11(12)21-14/h4-8H,3H2,1-2H3,(H,16,17,19). The molecule has 6 nitrogen and oxygen atoms in total. The maximum absolute atomic E-state index is 12.2. The lowest BCUT2D eigenvalue weighted by Gasteiger charge is -2.03. The van der Waals surface area contributed by atoms with E-state index in [4.69, 9.17) is 4.74 Å². The second-order valence-electron chi connectivity index (χ2n) is 4.31. The largest absolute Gasteiger partial charge is 0.494 e. The molecule has 7 heteroatoms.